The molecule has 0 aromatic carbocycles. The first-order valence-corrected chi connectivity index (χ1v) is 6.91. The lowest BCUT2D eigenvalue weighted by Crippen LogP contribution is -2.48. The van der Waals surface area contributed by atoms with E-state index in [2.05, 4.69) is 9.97 Å². The summed E-state index contributed by atoms with van der Waals surface area (Å²) in [6.45, 7) is 1.53. The number of rotatable bonds is 3. The highest BCUT2D eigenvalue weighted by molar-refractivity contribution is 5.93. The molecule has 2 aliphatic rings. The molecule has 2 bridgehead atoms. The predicted octanol–water partition coefficient (Wildman–Crippen LogP) is 0.982. The number of aromatic nitrogens is 2. The molecule has 1 unspecified atom stereocenters. The van der Waals surface area contributed by atoms with E-state index in [4.69, 9.17) is 9.47 Å². The van der Waals surface area contributed by atoms with Crippen LogP contribution in [-0.4, -0.2) is 54.2 Å². The number of likely N-dealkylation sites (tertiary alicyclic amines) is 1. The van der Waals surface area contributed by atoms with Gasteiger partial charge in [0, 0.05) is 44.4 Å². The Kier molecular flexibility index (Phi) is 3.56. The number of nitrogens with zero attached hydrogens (tertiary/aromatic N) is 3. The molecule has 0 radical (unpaired) electrons. The molecule has 2 heterocycles. The van der Waals surface area contributed by atoms with Crippen molar-refractivity contribution in [3.05, 3.63) is 18.0 Å². The first kappa shape index (κ1) is 13.3. The maximum Gasteiger partial charge on any atom is 0.316 e. The smallest absolute Gasteiger partial charge is 0.316 e. The highest BCUT2D eigenvalue weighted by atomic mass is 16.5. The van der Waals surface area contributed by atoms with E-state index in [9.17, 15) is 4.79 Å². The summed E-state index contributed by atoms with van der Waals surface area (Å²) >= 11 is 0. The van der Waals surface area contributed by atoms with Crippen LogP contribution >= 0.6 is 0 Å². The molecule has 0 N–H and O–H groups in total. The first-order valence-electron chi connectivity index (χ1n) is 6.91. The molecule has 20 heavy (non-hydrogen) atoms. The van der Waals surface area contributed by atoms with Gasteiger partial charge in [-0.2, -0.15) is 0 Å². The number of amides is 1. The molecule has 1 amide bonds. The van der Waals surface area contributed by atoms with Crippen molar-refractivity contribution in [2.24, 2.45) is 11.8 Å². The second-order valence-corrected chi connectivity index (χ2v) is 5.47. The van der Waals surface area contributed by atoms with Crippen LogP contribution in [0.1, 0.15) is 23.2 Å². The van der Waals surface area contributed by atoms with Crippen LogP contribution < -0.4 is 4.74 Å². The molecule has 3 rings (SSSR count). The van der Waals surface area contributed by atoms with Crippen LogP contribution in [0.25, 0.3) is 0 Å². The summed E-state index contributed by atoms with van der Waals surface area (Å²) in [5.74, 6) is 0.919. The lowest BCUT2D eigenvalue weighted by molar-refractivity contribution is -0.0114. The summed E-state index contributed by atoms with van der Waals surface area (Å²) in [7, 11) is 3.27. The zero-order chi connectivity index (χ0) is 14.1. The molecular weight excluding hydrogens is 258 g/mol. The Hall–Kier alpha value is -1.69. The Balaban J connectivity index is 1.72. The minimum absolute atomic E-state index is 0.000828. The average Bonchev–Trinajstić information content (AvgIpc) is 2.75. The number of hydrogen-bond donors (Lipinski definition) is 0. The summed E-state index contributed by atoms with van der Waals surface area (Å²) in [6, 6.07) is 0.278. The molecule has 1 saturated carbocycles. The number of piperidine rings is 1. The second-order valence-electron chi connectivity index (χ2n) is 5.47. The third kappa shape index (κ3) is 2.24. The van der Waals surface area contributed by atoms with E-state index in [-0.39, 0.29) is 11.9 Å². The average molecular weight is 277 g/mol. The number of carbonyl (C=O) groups is 1. The first-order chi connectivity index (χ1) is 9.72. The fraction of sp³-hybridized carbons (Fsp3) is 0.643. The summed E-state index contributed by atoms with van der Waals surface area (Å²) in [4.78, 5) is 22.4. The van der Waals surface area contributed by atoms with Gasteiger partial charge in [0.1, 0.15) is 0 Å². The van der Waals surface area contributed by atoms with E-state index in [0.29, 0.717) is 23.5 Å². The maximum atomic E-state index is 12.5. The van der Waals surface area contributed by atoms with E-state index >= 15 is 0 Å². The maximum absolute atomic E-state index is 12.5. The van der Waals surface area contributed by atoms with Gasteiger partial charge >= 0.3 is 6.01 Å². The predicted molar refractivity (Wildman–Crippen MR) is 71.5 cm³/mol. The largest absolute Gasteiger partial charge is 0.467 e. The van der Waals surface area contributed by atoms with Crippen molar-refractivity contribution in [2.45, 2.75) is 18.9 Å². The van der Waals surface area contributed by atoms with Crippen LogP contribution in [0.15, 0.2) is 12.4 Å². The highest BCUT2D eigenvalue weighted by Gasteiger charge is 2.43. The molecule has 1 aromatic rings. The molecule has 1 aliphatic carbocycles. The number of ether oxygens (including phenoxy) is 2. The van der Waals surface area contributed by atoms with Gasteiger partial charge < -0.3 is 14.4 Å². The minimum Gasteiger partial charge on any atom is -0.467 e. The van der Waals surface area contributed by atoms with Gasteiger partial charge in [0.2, 0.25) is 0 Å². The van der Waals surface area contributed by atoms with E-state index in [1.54, 1.807) is 7.11 Å². The Morgan fingerprint density at radius 1 is 1.20 bits per heavy atom. The molecule has 1 aromatic heterocycles. The molecule has 2 fully saturated rings. The van der Waals surface area contributed by atoms with Gasteiger partial charge in [0.15, 0.2) is 0 Å². The van der Waals surface area contributed by atoms with Crippen LogP contribution in [0.4, 0.5) is 0 Å². The molecule has 1 saturated heterocycles. The molecule has 108 valence electrons. The van der Waals surface area contributed by atoms with Crippen molar-refractivity contribution in [3.8, 4) is 6.01 Å². The van der Waals surface area contributed by atoms with Crippen LogP contribution in [0, 0.1) is 11.8 Å². The van der Waals surface area contributed by atoms with Gasteiger partial charge in [-0.05, 0) is 12.8 Å². The van der Waals surface area contributed by atoms with Crippen molar-refractivity contribution in [1.29, 1.82) is 0 Å². The topological polar surface area (TPSA) is 64.5 Å². The molecule has 0 spiro atoms. The van der Waals surface area contributed by atoms with Crippen LogP contribution in [0.5, 0.6) is 6.01 Å². The van der Waals surface area contributed by atoms with Crippen molar-refractivity contribution in [1.82, 2.24) is 14.9 Å². The van der Waals surface area contributed by atoms with Crippen LogP contribution in [0.3, 0.4) is 0 Å². The Labute approximate surface area is 118 Å². The zero-order valence-electron chi connectivity index (χ0n) is 11.8. The quantitative estimate of drug-likeness (QED) is 0.824. The lowest BCUT2D eigenvalue weighted by Gasteiger charge is -2.37. The molecular formula is C14H19N3O3. The Morgan fingerprint density at radius 2 is 1.80 bits per heavy atom. The fourth-order valence-electron chi connectivity index (χ4n) is 3.44. The minimum atomic E-state index is -0.000828. The van der Waals surface area contributed by atoms with Gasteiger partial charge in [-0.25, -0.2) is 9.97 Å². The van der Waals surface area contributed by atoms with Gasteiger partial charge in [0.05, 0.1) is 18.8 Å². The third-order valence-electron chi connectivity index (χ3n) is 4.36. The second kappa shape index (κ2) is 5.36. The number of methoxy groups -OCH3 is 2. The van der Waals surface area contributed by atoms with E-state index < -0.39 is 0 Å². The summed E-state index contributed by atoms with van der Waals surface area (Å²) < 4.78 is 10.5. The number of carbonyl (C=O) groups excluding carboxylic acids is 1. The fourth-order valence-corrected chi connectivity index (χ4v) is 3.44. The summed E-state index contributed by atoms with van der Waals surface area (Å²) in [5.41, 5.74) is 0.515. The third-order valence-corrected chi connectivity index (χ3v) is 4.36. The van der Waals surface area contributed by atoms with Gasteiger partial charge in [0.25, 0.3) is 5.91 Å². The number of fused-ring (bicyclic) bond motifs is 2. The van der Waals surface area contributed by atoms with E-state index in [1.165, 1.54) is 19.5 Å². The van der Waals surface area contributed by atoms with Crippen molar-refractivity contribution >= 4 is 5.91 Å². The van der Waals surface area contributed by atoms with Gasteiger partial charge in [-0.15, -0.1) is 0 Å². The van der Waals surface area contributed by atoms with E-state index in [1.807, 2.05) is 4.90 Å². The Bertz CT molecular complexity index is 477. The monoisotopic (exact) mass is 277 g/mol. The Morgan fingerprint density at radius 3 is 2.30 bits per heavy atom. The van der Waals surface area contributed by atoms with Crippen molar-refractivity contribution in [2.75, 3.05) is 27.3 Å². The van der Waals surface area contributed by atoms with Crippen LogP contribution in [0.2, 0.25) is 0 Å². The normalized spacial score (nSPS) is 28.5. The molecule has 3 atom stereocenters. The van der Waals surface area contributed by atoms with Gasteiger partial charge in [-0.1, -0.05) is 0 Å². The molecule has 6 heteroatoms. The standard InChI is InChI=1S/C14H19N3O3/c1-19-12-9-3-4-10(12)8-17(7-9)13(18)11-5-15-14(20-2)16-6-11/h5-6,9-10,12H,3-4,7-8H2,1-2H3/t9-,10+,12?. The van der Waals surface area contributed by atoms with Gasteiger partial charge in [-0.3, -0.25) is 4.79 Å². The zero-order valence-corrected chi connectivity index (χ0v) is 11.8. The van der Waals surface area contributed by atoms with E-state index in [0.717, 1.165) is 25.9 Å². The lowest BCUT2D eigenvalue weighted by atomic mass is 9.94. The molecule has 6 nitrogen and oxygen atoms in total. The summed E-state index contributed by atoms with van der Waals surface area (Å²) in [5, 5.41) is 0. The van der Waals surface area contributed by atoms with Crippen molar-refractivity contribution in [3.63, 3.8) is 0 Å². The SMILES string of the molecule is COc1ncc(C(=O)N2C[C@H]3CC[C@@H](C2)C3OC)cn1. The molecule has 1 aliphatic heterocycles. The van der Waals surface area contributed by atoms with Crippen LogP contribution in [-0.2, 0) is 4.74 Å². The summed E-state index contributed by atoms with van der Waals surface area (Å²) in [6.07, 6.45) is 5.65. The van der Waals surface area contributed by atoms with Crippen molar-refractivity contribution < 1.29 is 14.3 Å². The number of hydrogen-bond acceptors (Lipinski definition) is 5. The highest BCUT2D eigenvalue weighted by Crippen LogP contribution is 2.38.